The van der Waals surface area contributed by atoms with Crippen LogP contribution in [0.15, 0.2) is 17.0 Å². The van der Waals surface area contributed by atoms with E-state index in [2.05, 4.69) is 5.92 Å². The van der Waals surface area contributed by atoms with Gasteiger partial charge in [0.2, 0.25) is 10.0 Å². The number of rotatable bonds is 4. The molecule has 0 aliphatic rings. The fraction of sp³-hybridized carbons (Fsp3) is 0.385. The maximum atomic E-state index is 12.5. The molecular weight excluding hydrogens is 248 g/mol. The summed E-state index contributed by atoms with van der Waals surface area (Å²) in [4.78, 5) is 0.233. The van der Waals surface area contributed by atoms with Crippen molar-refractivity contribution in [3.05, 3.63) is 23.3 Å². The number of benzene rings is 1. The van der Waals surface area contributed by atoms with Gasteiger partial charge in [-0.05, 0) is 37.1 Å². The number of hydrogen-bond donors (Lipinski definition) is 1. The van der Waals surface area contributed by atoms with Crippen LogP contribution in [0.2, 0.25) is 0 Å². The lowest BCUT2D eigenvalue weighted by Crippen LogP contribution is -2.31. The summed E-state index contributed by atoms with van der Waals surface area (Å²) in [6, 6.07) is 3.24. The number of nitrogens with zero attached hydrogens (tertiary/aromatic N) is 1. The first-order chi connectivity index (χ1) is 8.34. The van der Waals surface area contributed by atoms with Gasteiger partial charge in [-0.1, -0.05) is 12.8 Å². The predicted octanol–water partition coefficient (Wildman–Crippen LogP) is 1.53. The van der Waals surface area contributed by atoms with Gasteiger partial charge in [0.15, 0.2) is 0 Å². The Morgan fingerprint density at radius 1 is 1.39 bits per heavy atom. The molecule has 0 radical (unpaired) electrons. The zero-order chi connectivity index (χ0) is 13.9. The molecular formula is C13H18N2O2S. The zero-order valence-corrected chi connectivity index (χ0v) is 11.7. The second kappa shape index (κ2) is 5.42. The van der Waals surface area contributed by atoms with Gasteiger partial charge in [-0.15, -0.1) is 6.42 Å². The second-order valence-corrected chi connectivity index (χ2v) is 6.00. The molecule has 0 atom stereocenters. The molecule has 0 spiro atoms. The molecule has 1 rings (SSSR count). The van der Waals surface area contributed by atoms with E-state index in [-0.39, 0.29) is 11.4 Å². The third-order valence-corrected chi connectivity index (χ3v) is 4.93. The van der Waals surface area contributed by atoms with Gasteiger partial charge < -0.3 is 5.73 Å². The minimum absolute atomic E-state index is 0.0616. The number of nitrogens with two attached hydrogens (primary N) is 1. The van der Waals surface area contributed by atoms with Crippen molar-refractivity contribution in [2.75, 3.05) is 18.8 Å². The normalized spacial score (nSPS) is 11.5. The van der Waals surface area contributed by atoms with E-state index in [9.17, 15) is 8.42 Å². The average Bonchev–Trinajstić information content (AvgIpc) is 2.30. The van der Waals surface area contributed by atoms with E-state index in [0.29, 0.717) is 17.8 Å². The Morgan fingerprint density at radius 3 is 2.50 bits per heavy atom. The first kappa shape index (κ1) is 14.6. The Labute approximate surface area is 109 Å². The van der Waals surface area contributed by atoms with Gasteiger partial charge >= 0.3 is 0 Å². The molecule has 18 heavy (non-hydrogen) atoms. The molecule has 2 N–H and O–H groups in total. The maximum absolute atomic E-state index is 12.5. The summed E-state index contributed by atoms with van der Waals surface area (Å²) in [5.74, 6) is 2.36. The van der Waals surface area contributed by atoms with Crippen LogP contribution >= 0.6 is 0 Å². The summed E-state index contributed by atoms with van der Waals surface area (Å²) in [6.07, 6.45) is 5.20. The first-order valence-electron chi connectivity index (χ1n) is 5.65. The molecule has 0 aliphatic heterocycles. The summed E-state index contributed by atoms with van der Waals surface area (Å²) in [5.41, 5.74) is 7.72. The predicted molar refractivity (Wildman–Crippen MR) is 73.6 cm³/mol. The quantitative estimate of drug-likeness (QED) is 0.664. The van der Waals surface area contributed by atoms with Crippen LogP contribution in [-0.4, -0.2) is 25.8 Å². The van der Waals surface area contributed by atoms with Crippen molar-refractivity contribution in [3.8, 4) is 12.3 Å². The van der Waals surface area contributed by atoms with E-state index in [1.807, 2.05) is 6.92 Å². The molecule has 1 aromatic rings. The van der Waals surface area contributed by atoms with Gasteiger partial charge in [0.05, 0.1) is 11.4 Å². The number of terminal acetylenes is 1. The van der Waals surface area contributed by atoms with Crippen molar-refractivity contribution in [3.63, 3.8) is 0 Å². The van der Waals surface area contributed by atoms with Crippen molar-refractivity contribution in [1.29, 1.82) is 0 Å². The molecule has 0 saturated carbocycles. The molecule has 0 aromatic heterocycles. The van der Waals surface area contributed by atoms with E-state index in [1.54, 1.807) is 19.9 Å². The maximum Gasteiger partial charge on any atom is 0.244 e. The zero-order valence-electron chi connectivity index (χ0n) is 10.9. The third-order valence-electron chi connectivity index (χ3n) is 2.88. The Kier molecular flexibility index (Phi) is 4.38. The lowest BCUT2D eigenvalue weighted by atomic mass is 10.1. The van der Waals surface area contributed by atoms with Gasteiger partial charge in [-0.3, -0.25) is 0 Å². The van der Waals surface area contributed by atoms with Crippen LogP contribution in [0.5, 0.6) is 0 Å². The molecule has 0 aliphatic carbocycles. The van der Waals surface area contributed by atoms with E-state index in [1.165, 1.54) is 10.4 Å². The van der Waals surface area contributed by atoms with E-state index < -0.39 is 10.0 Å². The SMILES string of the molecule is C#CCN(CC)S(=O)(=O)c1cc(N)cc(C)c1C. The van der Waals surface area contributed by atoms with Crippen LogP contribution in [0, 0.1) is 26.2 Å². The van der Waals surface area contributed by atoms with Crippen LogP contribution < -0.4 is 5.73 Å². The lowest BCUT2D eigenvalue weighted by Gasteiger charge is -2.20. The molecule has 0 heterocycles. The Balaban J connectivity index is 3.41. The standard InChI is InChI=1S/C13H18N2O2S/c1-5-7-15(6-2)18(16,17)13-9-12(14)8-10(3)11(13)4/h1,8-9H,6-7,14H2,2-4H3. The number of anilines is 1. The molecule has 4 nitrogen and oxygen atoms in total. The number of nitrogen functional groups attached to an aromatic ring is 1. The van der Waals surface area contributed by atoms with Gasteiger partial charge in [-0.25, -0.2) is 8.42 Å². The Morgan fingerprint density at radius 2 is 2.00 bits per heavy atom. The topological polar surface area (TPSA) is 63.4 Å². The fourth-order valence-electron chi connectivity index (χ4n) is 1.73. The summed E-state index contributed by atoms with van der Waals surface area (Å²) < 4.78 is 26.2. The second-order valence-electron chi connectivity index (χ2n) is 4.10. The van der Waals surface area contributed by atoms with Crippen molar-refractivity contribution >= 4 is 15.7 Å². The number of aryl methyl sites for hydroxylation is 1. The van der Waals surface area contributed by atoms with Gasteiger partial charge in [0.25, 0.3) is 0 Å². The molecule has 0 fully saturated rings. The monoisotopic (exact) mass is 266 g/mol. The van der Waals surface area contributed by atoms with Crippen LogP contribution in [-0.2, 0) is 10.0 Å². The van der Waals surface area contributed by atoms with Crippen LogP contribution in [0.4, 0.5) is 5.69 Å². The van der Waals surface area contributed by atoms with Crippen LogP contribution in [0.3, 0.4) is 0 Å². The lowest BCUT2D eigenvalue weighted by molar-refractivity contribution is 0.463. The summed E-state index contributed by atoms with van der Waals surface area (Å²) in [6.45, 7) is 5.75. The van der Waals surface area contributed by atoms with Crippen molar-refractivity contribution in [2.24, 2.45) is 0 Å². The summed E-state index contributed by atoms with van der Waals surface area (Å²) >= 11 is 0. The molecule has 0 unspecified atom stereocenters. The van der Waals surface area contributed by atoms with E-state index in [0.717, 1.165) is 5.56 Å². The minimum Gasteiger partial charge on any atom is -0.399 e. The Hall–Kier alpha value is -1.51. The highest BCUT2D eigenvalue weighted by atomic mass is 32.2. The van der Waals surface area contributed by atoms with Crippen molar-refractivity contribution in [2.45, 2.75) is 25.7 Å². The smallest absolute Gasteiger partial charge is 0.244 e. The van der Waals surface area contributed by atoms with Gasteiger partial charge in [0, 0.05) is 12.2 Å². The van der Waals surface area contributed by atoms with E-state index in [4.69, 9.17) is 12.2 Å². The minimum atomic E-state index is -3.58. The van der Waals surface area contributed by atoms with E-state index >= 15 is 0 Å². The third kappa shape index (κ3) is 2.66. The van der Waals surface area contributed by atoms with Gasteiger partial charge in [0.1, 0.15) is 0 Å². The van der Waals surface area contributed by atoms with Crippen molar-refractivity contribution in [1.82, 2.24) is 4.31 Å². The molecule has 1 aromatic carbocycles. The number of sulfonamides is 1. The highest BCUT2D eigenvalue weighted by molar-refractivity contribution is 7.89. The Bertz CT molecular complexity index is 586. The largest absolute Gasteiger partial charge is 0.399 e. The summed E-state index contributed by atoms with van der Waals surface area (Å²) in [5, 5.41) is 0. The summed E-state index contributed by atoms with van der Waals surface area (Å²) in [7, 11) is -3.58. The average molecular weight is 266 g/mol. The van der Waals surface area contributed by atoms with Gasteiger partial charge in [-0.2, -0.15) is 4.31 Å². The molecule has 5 heteroatoms. The molecule has 98 valence electrons. The molecule has 0 amide bonds. The highest BCUT2D eigenvalue weighted by Gasteiger charge is 2.25. The molecule has 0 bridgehead atoms. The fourth-order valence-corrected chi connectivity index (χ4v) is 3.42. The van der Waals surface area contributed by atoms with Crippen LogP contribution in [0.25, 0.3) is 0 Å². The molecule has 0 saturated heterocycles. The first-order valence-corrected chi connectivity index (χ1v) is 7.09. The van der Waals surface area contributed by atoms with Crippen LogP contribution in [0.1, 0.15) is 18.1 Å². The highest BCUT2D eigenvalue weighted by Crippen LogP contribution is 2.25. The van der Waals surface area contributed by atoms with Crippen molar-refractivity contribution < 1.29 is 8.42 Å². The number of hydrogen-bond acceptors (Lipinski definition) is 3.